The van der Waals surface area contributed by atoms with Crippen LogP contribution < -0.4 is 0 Å². The van der Waals surface area contributed by atoms with Crippen LogP contribution in [-0.2, 0) is 14.3 Å². The maximum Gasteiger partial charge on any atom is 0.410 e. The Hall–Kier alpha value is -1.26. The van der Waals surface area contributed by atoms with Crippen LogP contribution in [0.4, 0.5) is 4.79 Å². The lowest BCUT2D eigenvalue weighted by Gasteiger charge is -2.28. The number of carbonyl (C=O) groups excluding carboxylic acids is 2. The molecular weight excluding hydrogens is 402 g/mol. The number of amides is 1. The average molecular weight is 456 g/mol. The second-order valence-electron chi connectivity index (χ2n) is 9.53. The molecule has 1 atom stereocenters. The van der Waals surface area contributed by atoms with Crippen molar-refractivity contribution in [2.24, 2.45) is 5.92 Å². The van der Waals surface area contributed by atoms with Crippen molar-refractivity contribution in [3.8, 4) is 0 Å². The predicted molar refractivity (Wildman–Crippen MR) is 134 cm³/mol. The van der Waals surface area contributed by atoms with Crippen molar-refractivity contribution >= 4 is 12.1 Å². The smallest absolute Gasteiger partial charge is 0.410 e. The van der Waals surface area contributed by atoms with Gasteiger partial charge in [0.15, 0.2) is 0 Å². The molecule has 0 bridgehead atoms. The molecule has 0 aromatic carbocycles. The number of esters is 1. The summed E-state index contributed by atoms with van der Waals surface area (Å²) in [5.41, 5.74) is 0. The zero-order chi connectivity index (χ0) is 24.0. The molecule has 0 aromatic rings. The summed E-state index contributed by atoms with van der Waals surface area (Å²) in [6.07, 6.45) is 18.9. The summed E-state index contributed by atoms with van der Waals surface area (Å²) < 4.78 is 10.9. The first-order chi connectivity index (χ1) is 15.5. The minimum Gasteiger partial charge on any atom is -0.464 e. The van der Waals surface area contributed by atoms with Gasteiger partial charge in [0.25, 0.3) is 0 Å². The van der Waals surface area contributed by atoms with Crippen molar-refractivity contribution in [1.82, 2.24) is 4.90 Å². The third-order valence-electron chi connectivity index (χ3n) is 6.04. The minimum absolute atomic E-state index is 0.0261. The standard InChI is InChI=1S/C27H53NO4/c1-6-8-10-12-14-15-16-17-19-20-22-31-26(29)25(24(3)4)28(5)27(30)32-23-21-18-13-11-9-7-2/h24-25H,6-23H2,1-5H3. The summed E-state index contributed by atoms with van der Waals surface area (Å²) in [4.78, 5) is 26.4. The van der Waals surface area contributed by atoms with Crippen LogP contribution in [0.2, 0.25) is 0 Å². The summed E-state index contributed by atoms with van der Waals surface area (Å²) in [7, 11) is 1.63. The molecule has 0 rings (SSSR count). The van der Waals surface area contributed by atoms with Crippen LogP contribution in [0, 0.1) is 5.92 Å². The van der Waals surface area contributed by atoms with Gasteiger partial charge in [-0.2, -0.15) is 0 Å². The van der Waals surface area contributed by atoms with E-state index >= 15 is 0 Å². The van der Waals surface area contributed by atoms with Crippen molar-refractivity contribution in [1.29, 1.82) is 0 Å². The van der Waals surface area contributed by atoms with Gasteiger partial charge in [-0.3, -0.25) is 4.90 Å². The van der Waals surface area contributed by atoms with Crippen molar-refractivity contribution in [3.05, 3.63) is 0 Å². The zero-order valence-electron chi connectivity index (χ0n) is 22.0. The van der Waals surface area contributed by atoms with E-state index in [1.165, 1.54) is 81.9 Å². The van der Waals surface area contributed by atoms with Crippen LogP contribution in [0.3, 0.4) is 0 Å². The van der Waals surface area contributed by atoms with Crippen molar-refractivity contribution in [3.63, 3.8) is 0 Å². The highest BCUT2D eigenvalue weighted by Gasteiger charge is 2.32. The molecule has 0 radical (unpaired) electrons. The van der Waals surface area contributed by atoms with Gasteiger partial charge < -0.3 is 9.47 Å². The molecule has 0 aliphatic rings. The summed E-state index contributed by atoms with van der Waals surface area (Å²) in [6, 6.07) is -0.602. The van der Waals surface area contributed by atoms with Crippen LogP contribution in [0.1, 0.15) is 130 Å². The summed E-state index contributed by atoms with van der Waals surface area (Å²) in [6.45, 7) is 9.16. The average Bonchev–Trinajstić information content (AvgIpc) is 2.76. The Morgan fingerprint density at radius 1 is 0.625 bits per heavy atom. The maximum absolute atomic E-state index is 12.6. The first-order valence-corrected chi connectivity index (χ1v) is 13.5. The number of unbranched alkanes of at least 4 members (excludes halogenated alkanes) is 14. The van der Waals surface area contributed by atoms with Crippen molar-refractivity contribution in [2.75, 3.05) is 20.3 Å². The summed E-state index contributed by atoms with van der Waals surface area (Å²) >= 11 is 0. The Morgan fingerprint density at radius 3 is 1.41 bits per heavy atom. The van der Waals surface area contributed by atoms with Gasteiger partial charge in [0.1, 0.15) is 6.04 Å². The highest BCUT2D eigenvalue weighted by Crippen LogP contribution is 2.15. The van der Waals surface area contributed by atoms with Crippen LogP contribution in [0.5, 0.6) is 0 Å². The van der Waals surface area contributed by atoms with Gasteiger partial charge in [-0.1, -0.05) is 118 Å². The van der Waals surface area contributed by atoms with Crippen molar-refractivity contribution in [2.45, 2.75) is 136 Å². The fraction of sp³-hybridized carbons (Fsp3) is 0.926. The number of likely N-dealkylation sites (N-methyl/N-ethyl adjacent to an activating group) is 1. The number of nitrogens with zero attached hydrogens (tertiary/aromatic N) is 1. The topological polar surface area (TPSA) is 55.8 Å². The lowest BCUT2D eigenvalue weighted by atomic mass is 10.0. The minimum atomic E-state index is -0.602. The molecule has 0 aliphatic heterocycles. The van der Waals surface area contributed by atoms with E-state index in [4.69, 9.17) is 9.47 Å². The summed E-state index contributed by atoms with van der Waals surface area (Å²) in [5.74, 6) is -0.350. The van der Waals surface area contributed by atoms with Crippen LogP contribution >= 0.6 is 0 Å². The van der Waals surface area contributed by atoms with Gasteiger partial charge in [0, 0.05) is 7.05 Å². The van der Waals surface area contributed by atoms with Gasteiger partial charge in [-0.05, 0) is 18.8 Å². The molecule has 0 spiro atoms. The Bertz CT molecular complexity index is 453. The molecule has 1 unspecified atom stereocenters. The molecule has 0 saturated carbocycles. The molecule has 190 valence electrons. The predicted octanol–water partition coefficient (Wildman–Crippen LogP) is 7.90. The van der Waals surface area contributed by atoms with Crippen LogP contribution in [0.15, 0.2) is 0 Å². The molecule has 5 nitrogen and oxygen atoms in total. The van der Waals surface area contributed by atoms with Crippen LogP contribution in [0.25, 0.3) is 0 Å². The first kappa shape index (κ1) is 30.7. The van der Waals surface area contributed by atoms with Gasteiger partial charge >= 0.3 is 12.1 Å². The zero-order valence-corrected chi connectivity index (χ0v) is 22.0. The Morgan fingerprint density at radius 2 is 1.00 bits per heavy atom. The lowest BCUT2D eigenvalue weighted by molar-refractivity contribution is -0.150. The van der Waals surface area contributed by atoms with E-state index in [1.54, 1.807) is 7.05 Å². The normalized spacial score (nSPS) is 12.1. The van der Waals surface area contributed by atoms with Gasteiger partial charge in [-0.15, -0.1) is 0 Å². The second-order valence-corrected chi connectivity index (χ2v) is 9.53. The second kappa shape index (κ2) is 21.6. The Balaban J connectivity index is 4.00. The van der Waals surface area contributed by atoms with E-state index in [2.05, 4.69) is 13.8 Å². The molecule has 1 amide bonds. The maximum atomic E-state index is 12.6. The monoisotopic (exact) mass is 455 g/mol. The van der Waals surface area contributed by atoms with Crippen LogP contribution in [-0.4, -0.2) is 43.3 Å². The molecule has 0 saturated heterocycles. The Kier molecular flexibility index (Phi) is 20.7. The molecular formula is C27H53NO4. The number of carbonyl (C=O) groups is 2. The highest BCUT2D eigenvalue weighted by atomic mass is 16.6. The quantitative estimate of drug-likeness (QED) is 0.130. The Labute approximate surface area is 199 Å². The molecule has 0 heterocycles. The lowest BCUT2D eigenvalue weighted by Crippen LogP contribution is -2.46. The van der Waals surface area contributed by atoms with E-state index in [9.17, 15) is 9.59 Å². The van der Waals surface area contributed by atoms with E-state index in [0.29, 0.717) is 13.2 Å². The first-order valence-electron chi connectivity index (χ1n) is 13.5. The molecule has 0 N–H and O–H groups in total. The van der Waals surface area contributed by atoms with Gasteiger partial charge in [0.05, 0.1) is 13.2 Å². The SMILES string of the molecule is CCCCCCCCCCCCOC(=O)C(C(C)C)N(C)C(=O)OCCCCCCCC. The molecule has 0 fully saturated rings. The molecule has 0 aliphatic carbocycles. The highest BCUT2D eigenvalue weighted by molar-refractivity contribution is 5.81. The number of rotatable bonds is 21. The van der Waals surface area contributed by atoms with E-state index in [-0.39, 0.29) is 11.9 Å². The molecule has 32 heavy (non-hydrogen) atoms. The third-order valence-corrected chi connectivity index (χ3v) is 6.04. The number of hydrogen-bond acceptors (Lipinski definition) is 4. The third kappa shape index (κ3) is 16.4. The van der Waals surface area contributed by atoms with Gasteiger partial charge in [-0.25, -0.2) is 9.59 Å². The summed E-state index contributed by atoms with van der Waals surface area (Å²) in [5, 5.41) is 0. The largest absolute Gasteiger partial charge is 0.464 e. The van der Waals surface area contributed by atoms with E-state index in [0.717, 1.165) is 25.7 Å². The number of ether oxygens (including phenoxy) is 2. The van der Waals surface area contributed by atoms with Gasteiger partial charge in [0.2, 0.25) is 0 Å². The fourth-order valence-electron chi connectivity index (χ4n) is 3.98. The van der Waals surface area contributed by atoms with E-state index in [1.807, 2.05) is 13.8 Å². The molecule has 0 aromatic heterocycles. The van der Waals surface area contributed by atoms with E-state index < -0.39 is 12.1 Å². The number of hydrogen-bond donors (Lipinski definition) is 0. The molecule has 5 heteroatoms. The van der Waals surface area contributed by atoms with Crippen molar-refractivity contribution < 1.29 is 19.1 Å². The fourth-order valence-corrected chi connectivity index (χ4v) is 3.98.